The number of aryl methyl sites for hydroxylation is 2. The SMILES string of the molecule is O=C1O[C@@H]2C=CC(Br)=C[C@@H]2C=C1C(=O)N1CCS[C@H]1c1ccc2c3c(cccc13)CC2. The number of halogens is 1. The lowest BCUT2D eigenvalue weighted by Crippen LogP contribution is -2.39. The highest BCUT2D eigenvalue weighted by Gasteiger charge is 2.39. The van der Waals surface area contributed by atoms with Crippen LogP contribution in [0.2, 0.25) is 0 Å². The molecule has 0 spiro atoms. The second kappa shape index (κ2) is 7.38. The molecule has 6 rings (SSSR count). The molecule has 2 aromatic carbocycles. The molecule has 2 aliphatic heterocycles. The highest BCUT2D eigenvalue weighted by Crippen LogP contribution is 2.44. The van der Waals surface area contributed by atoms with Crippen LogP contribution in [0.15, 0.2) is 64.7 Å². The molecule has 1 amide bonds. The zero-order valence-electron chi connectivity index (χ0n) is 16.7. The summed E-state index contributed by atoms with van der Waals surface area (Å²) in [5.41, 5.74) is 4.08. The fourth-order valence-corrected chi connectivity index (χ4v) is 6.84. The number of nitrogens with zero attached hydrogens (tertiary/aromatic N) is 1. The summed E-state index contributed by atoms with van der Waals surface area (Å²) in [7, 11) is 0. The number of hydrogen-bond donors (Lipinski definition) is 0. The van der Waals surface area contributed by atoms with Gasteiger partial charge in [-0.2, -0.15) is 0 Å². The number of esters is 1. The third kappa shape index (κ3) is 3.11. The minimum Gasteiger partial charge on any atom is -0.453 e. The fraction of sp³-hybridized carbons (Fsp3) is 0.280. The number of allylic oxidation sites excluding steroid dienone is 2. The molecule has 1 saturated heterocycles. The maximum absolute atomic E-state index is 13.5. The Labute approximate surface area is 193 Å². The zero-order valence-corrected chi connectivity index (χ0v) is 19.1. The van der Waals surface area contributed by atoms with Crippen molar-refractivity contribution in [1.29, 1.82) is 0 Å². The largest absolute Gasteiger partial charge is 0.453 e. The minimum atomic E-state index is -0.529. The van der Waals surface area contributed by atoms with Crippen molar-refractivity contribution in [2.75, 3.05) is 12.3 Å². The molecule has 31 heavy (non-hydrogen) atoms. The predicted molar refractivity (Wildman–Crippen MR) is 126 cm³/mol. The van der Waals surface area contributed by atoms with Crippen LogP contribution < -0.4 is 0 Å². The van der Waals surface area contributed by atoms with Gasteiger partial charge in [0.25, 0.3) is 5.91 Å². The molecule has 3 atom stereocenters. The molecule has 156 valence electrons. The van der Waals surface area contributed by atoms with Gasteiger partial charge in [0.05, 0.1) is 0 Å². The van der Waals surface area contributed by atoms with Crippen LogP contribution in [0, 0.1) is 5.92 Å². The molecule has 2 aromatic rings. The van der Waals surface area contributed by atoms with E-state index in [4.69, 9.17) is 4.74 Å². The number of thioether (sulfide) groups is 1. The van der Waals surface area contributed by atoms with Crippen LogP contribution in [0.25, 0.3) is 10.8 Å². The Kier molecular flexibility index (Phi) is 4.62. The Morgan fingerprint density at radius 2 is 1.97 bits per heavy atom. The Morgan fingerprint density at radius 3 is 2.84 bits per heavy atom. The minimum absolute atomic E-state index is 0.0997. The maximum Gasteiger partial charge on any atom is 0.344 e. The van der Waals surface area contributed by atoms with E-state index >= 15 is 0 Å². The molecule has 0 unspecified atom stereocenters. The van der Waals surface area contributed by atoms with E-state index in [1.807, 2.05) is 23.1 Å². The van der Waals surface area contributed by atoms with Gasteiger partial charge in [0.1, 0.15) is 17.1 Å². The molecule has 2 heterocycles. The van der Waals surface area contributed by atoms with Crippen molar-refractivity contribution in [1.82, 2.24) is 4.90 Å². The summed E-state index contributed by atoms with van der Waals surface area (Å²) < 4.78 is 6.50. The Hall–Kier alpha value is -2.31. The predicted octanol–water partition coefficient (Wildman–Crippen LogP) is 4.83. The van der Waals surface area contributed by atoms with E-state index in [2.05, 4.69) is 46.3 Å². The number of hydrogen-bond acceptors (Lipinski definition) is 4. The van der Waals surface area contributed by atoms with Gasteiger partial charge in [0.2, 0.25) is 0 Å². The van der Waals surface area contributed by atoms with Crippen molar-refractivity contribution in [2.24, 2.45) is 5.92 Å². The van der Waals surface area contributed by atoms with Crippen LogP contribution in [0.5, 0.6) is 0 Å². The standard InChI is InChI=1S/C25H20BrNO3S/c26-17-7-9-21-16(12-17)13-20(25(29)30-21)23(28)27-10-11-31-24(27)19-8-6-15-5-4-14-2-1-3-18(19)22(14)15/h1-3,6-9,12-13,16,21,24H,4-5,10-11H2/t16-,21-,24+/m1/s1. The van der Waals surface area contributed by atoms with Crippen LogP contribution in [-0.2, 0) is 27.2 Å². The number of benzene rings is 2. The molecule has 4 aliphatic rings. The first kappa shape index (κ1) is 19.4. The molecule has 1 fully saturated rings. The first-order valence-corrected chi connectivity index (χ1v) is 12.4. The second-order valence-electron chi connectivity index (χ2n) is 8.31. The third-order valence-electron chi connectivity index (χ3n) is 6.56. The van der Waals surface area contributed by atoms with E-state index in [0.29, 0.717) is 6.54 Å². The molecule has 0 saturated carbocycles. The average molecular weight is 494 g/mol. The maximum atomic E-state index is 13.5. The van der Waals surface area contributed by atoms with Gasteiger partial charge in [-0.25, -0.2) is 4.79 Å². The van der Waals surface area contributed by atoms with Crippen molar-refractivity contribution in [3.05, 3.63) is 81.4 Å². The molecular formula is C25H20BrNO3S. The summed E-state index contributed by atoms with van der Waals surface area (Å²) in [6.07, 6.45) is 9.29. The van der Waals surface area contributed by atoms with Gasteiger partial charge in [-0.1, -0.05) is 58.4 Å². The molecule has 4 nitrogen and oxygen atoms in total. The van der Waals surface area contributed by atoms with Crippen molar-refractivity contribution in [3.8, 4) is 0 Å². The number of carbonyl (C=O) groups excluding carboxylic acids is 2. The van der Waals surface area contributed by atoms with Gasteiger partial charge in [-0.3, -0.25) is 4.79 Å². The molecule has 0 radical (unpaired) electrons. The number of rotatable bonds is 2. The van der Waals surface area contributed by atoms with E-state index in [0.717, 1.165) is 28.6 Å². The first-order chi connectivity index (χ1) is 15.1. The lowest BCUT2D eigenvalue weighted by molar-refractivity contribution is -0.147. The monoisotopic (exact) mass is 493 g/mol. The van der Waals surface area contributed by atoms with E-state index in [-0.39, 0.29) is 28.9 Å². The second-order valence-corrected chi connectivity index (χ2v) is 10.4. The number of amides is 1. The Morgan fingerprint density at radius 1 is 1.13 bits per heavy atom. The summed E-state index contributed by atoms with van der Waals surface area (Å²) in [5, 5.41) is 2.48. The molecule has 0 N–H and O–H groups in total. The van der Waals surface area contributed by atoms with Crippen molar-refractivity contribution in [2.45, 2.75) is 24.3 Å². The van der Waals surface area contributed by atoms with Gasteiger partial charge in [0.15, 0.2) is 0 Å². The summed E-state index contributed by atoms with van der Waals surface area (Å²) in [6, 6.07) is 10.9. The van der Waals surface area contributed by atoms with Crippen molar-refractivity contribution in [3.63, 3.8) is 0 Å². The van der Waals surface area contributed by atoms with Gasteiger partial charge in [-0.05, 0) is 52.5 Å². The van der Waals surface area contributed by atoms with Crippen LogP contribution >= 0.6 is 27.7 Å². The number of carbonyl (C=O) groups is 2. The quantitative estimate of drug-likeness (QED) is 0.444. The van der Waals surface area contributed by atoms with Crippen LogP contribution in [0.4, 0.5) is 0 Å². The van der Waals surface area contributed by atoms with Crippen LogP contribution in [0.1, 0.15) is 22.1 Å². The fourth-order valence-electron chi connectivity index (χ4n) is 5.09. The topological polar surface area (TPSA) is 46.6 Å². The summed E-state index contributed by atoms with van der Waals surface area (Å²) in [4.78, 5) is 28.0. The van der Waals surface area contributed by atoms with Gasteiger partial charge >= 0.3 is 5.97 Å². The van der Waals surface area contributed by atoms with Crippen molar-refractivity contribution >= 4 is 50.3 Å². The first-order valence-electron chi connectivity index (χ1n) is 10.5. The molecule has 6 heteroatoms. The van der Waals surface area contributed by atoms with E-state index < -0.39 is 5.97 Å². The highest BCUT2D eigenvalue weighted by molar-refractivity contribution is 9.11. The Balaban J connectivity index is 1.37. The van der Waals surface area contributed by atoms with E-state index in [9.17, 15) is 9.59 Å². The summed E-state index contributed by atoms with van der Waals surface area (Å²) in [5.74, 6) is -0.0391. The lowest BCUT2D eigenvalue weighted by Gasteiger charge is -2.31. The highest BCUT2D eigenvalue weighted by atomic mass is 79.9. The number of fused-ring (bicyclic) bond motifs is 1. The summed E-state index contributed by atoms with van der Waals surface area (Å²) >= 11 is 5.24. The average Bonchev–Trinajstić information content (AvgIpc) is 3.42. The molecule has 2 aliphatic carbocycles. The van der Waals surface area contributed by atoms with Gasteiger partial charge in [-0.15, -0.1) is 11.8 Å². The van der Waals surface area contributed by atoms with E-state index in [1.54, 1.807) is 17.8 Å². The van der Waals surface area contributed by atoms with Gasteiger partial charge in [0, 0.05) is 22.7 Å². The lowest BCUT2D eigenvalue weighted by atomic mass is 9.92. The van der Waals surface area contributed by atoms with Gasteiger partial charge < -0.3 is 9.64 Å². The van der Waals surface area contributed by atoms with Crippen molar-refractivity contribution < 1.29 is 14.3 Å². The molecular weight excluding hydrogens is 474 g/mol. The van der Waals surface area contributed by atoms with E-state index in [1.165, 1.54) is 21.9 Å². The molecule has 0 bridgehead atoms. The van der Waals surface area contributed by atoms with Crippen LogP contribution in [-0.4, -0.2) is 35.2 Å². The zero-order chi connectivity index (χ0) is 21.1. The smallest absolute Gasteiger partial charge is 0.344 e. The normalized spacial score (nSPS) is 26.5. The summed E-state index contributed by atoms with van der Waals surface area (Å²) in [6.45, 7) is 0.620. The third-order valence-corrected chi connectivity index (χ3v) is 8.33. The Bertz CT molecular complexity index is 1220. The number of ether oxygens (including phenoxy) is 1. The molecule has 0 aromatic heterocycles. The van der Waals surface area contributed by atoms with Crippen LogP contribution in [0.3, 0.4) is 0 Å².